The molecule has 1 aliphatic heterocycles. The zero-order valence-electron chi connectivity index (χ0n) is 21.8. The van der Waals surface area contributed by atoms with E-state index >= 15 is 0 Å². The molecule has 216 valence electrons. The Bertz CT molecular complexity index is 1300. The highest BCUT2D eigenvalue weighted by Crippen LogP contribution is 2.37. The van der Waals surface area contributed by atoms with Gasteiger partial charge in [-0.15, -0.1) is 0 Å². The van der Waals surface area contributed by atoms with Crippen molar-refractivity contribution in [1.82, 2.24) is 15.0 Å². The average Bonchev–Trinajstić information content (AvgIpc) is 3.30. The minimum atomic E-state index is -1.86. The maximum absolute atomic E-state index is 12.6. The molecule has 4 atom stereocenters. The molecule has 1 aromatic heterocycles. The summed E-state index contributed by atoms with van der Waals surface area (Å²) in [5.74, 6) is 3.28. The van der Waals surface area contributed by atoms with E-state index in [1.807, 2.05) is 0 Å². The number of ether oxygens (including phenoxy) is 3. The maximum atomic E-state index is 12.6. The quantitative estimate of drug-likeness (QED) is 0.0704. The molecule has 1 fully saturated rings. The molecular weight excluding hydrogens is 530 g/mol. The first-order valence-corrected chi connectivity index (χ1v) is 12.1. The number of carbonyl (C=O) groups is 3. The van der Waals surface area contributed by atoms with Gasteiger partial charge in [-0.3, -0.25) is 15.1 Å². The number of nitrogens with two attached hydrogens (primary N) is 1. The third kappa shape index (κ3) is 7.41. The molecule has 1 aromatic carbocycles. The molecule has 1 saturated heterocycles. The highest BCUT2D eigenvalue weighted by molar-refractivity contribution is 5.86. The van der Waals surface area contributed by atoms with E-state index in [1.165, 1.54) is 20.1 Å². The van der Waals surface area contributed by atoms with Gasteiger partial charge in [0.1, 0.15) is 17.7 Å². The number of aliphatic carboxylic acids is 1. The molecule has 40 heavy (non-hydrogen) atoms. The van der Waals surface area contributed by atoms with Gasteiger partial charge in [0.15, 0.2) is 6.29 Å². The lowest BCUT2D eigenvalue weighted by Crippen LogP contribution is -2.53. The molecule has 2 heterocycles. The van der Waals surface area contributed by atoms with Crippen molar-refractivity contribution >= 4 is 23.8 Å². The fraction of sp³-hybridized carbons (Fsp3) is 0.400. The molecule has 0 radical (unpaired) electrons. The number of aryl methyl sites for hydroxylation is 1. The number of nitrogens with one attached hydrogen (secondary N) is 2. The summed E-state index contributed by atoms with van der Waals surface area (Å²) in [6, 6.07) is 7.00. The first-order chi connectivity index (χ1) is 18.9. The summed E-state index contributed by atoms with van der Waals surface area (Å²) < 4.78 is 15.6. The Morgan fingerprint density at radius 1 is 1.30 bits per heavy atom. The number of anilines is 1. The number of aliphatic hydroxyl groups excluding tert-OH is 1. The zero-order valence-corrected chi connectivity index (χ0v) is 21.8. The van der Waals surface area contributed by atoms with Crippen molar-refractivity contribution in [2.45, 2.75) is 44.3 Å². The third-order valence-corrected chi connectivity index (χ3v) is 6.32. The second-order valence-corrected chi connectivity index (χ2v) is 9.01. The van der Waals surface area contributed by atoms with Gasteiger partial charge in [0.2, 0.25) is 12.0 Å². The standard InChI is InChI=1S/C25H31N5O10/c1-12-16(22(32)33)11-39-20(12)17-10-18(28-24(36)27-17)29-25(37)40-21(23(34)35)13(2)30(26)19(31)9-6-14-4-7-15(38-3)8-5-14/h4-5,7-8,10,13,16,20-22,32-33H,1,6,9,11,26H2,2-3H3,(H,34,35)(H2,27,28,29,36,37)/t13-,16+,20?,21-/m0/s1. The Kier molecular flexibility index (Phi) is 9.95. The van der Waals surface area contributed by atoms with Crippen LogP contribution in [-0.4, -0.2) is 80.4 Å². The largest absolute Gasteiger partial charge is 0.497 e. The van der Waals surface area contributed by atoms with Gasteiger partial charge in [0.05, 0.1) is 31.4 Å². The number of aliphatic hydroxyl groups is 2. The van der Waals surface area contributed by atoms with E-state index in [0.29, 0.717) is 17.2 Å². The second kappa shape index (κ2) is 13.2. The summed E-state index contributed by atoms with van der Waals surface area (Å²) in [6.45, 7) is 5.00. The number of methoxy groups -OCH3 is 1. The number of rotatable bonds is 11. The number of carboxylic acids is 1. The lowest BCUT2D eigenvalue weighted by Gasteiger charge is -2.28. The van der Waals surface area contributed by atoms with Crippen LogP contribution >= 0.6 is 0 Å². The molecule has 2 aromatic rings. The van der Waals surface area contributed by atoms with Gasteiger partial charge in [-0.1, -0.05) is 18.7 Å². The Hall–Kier alpha value is -4.31. The number of H-pyrrole nitrogens is 1. The van der Waals surface area contributed by atoms with Crippen molar-refractivity contribution in [2.24, 2.45) is 11.8 Å². The maximum Gasteiger partial charge on any atom is 0.413 e. The second-order valence-electron chi connectivity index (χ2n) is 9.01. The van der Waals surface area contributed by atoms with E-state index in [2.05, 4.69) is 21.9 Å². The number of aromatic amines is 1. The van der Waals surface area contributed by atoms with Gasteiger partial charge >= 0.3 is 17.8 Å². The van der Waals surface area contributed by atoms with Crippen LogP contribution in [-0.2, 0) is 25.5 Å². The van der Waals surface area contributed by atoms with Crippen molar-refractivity contribution in [3.05, 3.63) is 64.2 Å². The molecule has 7 N–H and O–H groups in total. The van der Waals surface area contributed by atoms with Crippen molar-refractivity contribution in [3.63, 3.8) is 0 Å². The first kappa shape index (κ1) is 30.2. The summed E-state index contributed by atoms with van der Waals surface area (Å²) in [5.41, 5.74) is 0.350. The van der Waals surface area contributed by atoms with Crippen LogP contribution in [0.15, 0.2) is 47.3 Å². The molecular formula is C25H31N5O10. The molecule has 0 bridgehead atoms. The number of carboxylic acid groups (broad SMARTS) is 1. The Morgan fingerprint density at radius 2 is 1.98 bits per heavy atom. The van der Waals surface area contributed by atoms with Crippen molar-refractivity contribution in [1.29, 1.82) is 0 Å². The Morgan fingerprint density at radius 3 is 2.55 bits per heavy atom. The summed E-state index contributed by atoms with van der Waals surface area (Å²) in [6.07, 6.45) is -5.48. The summed E-state index contributed by atoms with van der Waals surface area (Å²) in [7, 11) is 1.53. The van der Waals surface area contributed by atoms with E-state index in [1.54, 1.807) is 24.3 Å². The number of hydrogen-bond acceptors (Lipinski definition) is 11. The SMILES string of the molecule is C=C1C(c2cc(NC(=O)O[C@H](C(=O)O)[C@H](C)N(N)C(=O)CCc3ccc(OC)cc3)nc(=O)[nH]2)OC[C@H]1C(O)O. The van der Waals surface area contributed by atoms with Crippen molar-refractivity contribution in [2.75, 3.05) is 19.0 Å². The third-order valence-electron chi connectivity index (χ3n) is 6.32. The van der Waals surface area contributed by atoms with Crippen LogP contribution in [0.2, 0.25) is 0 Å². The molecule has 15 heteroatoms. The Labute approximate surface area is 228 Å². The van der Waals surface area contributed by atoms with Crippen LogP contribution in [0.3, 0.4) is 0 Å². The molecule has 1 aliphatic rings. The number of hydrogen-bond donors (Lipinski definition) is 6. The molecule has 0 saturated carbocycles. The number of hydrazine groups is 1. The van der Waals surface area contributed by atoms with Gasteiger partial charge < -0.3 is 34.5 Å². The lowest BCUT2D eigenvalue weighted by molar-refractivity contribution is -0.152. The van der Waals surface area contributed by atoms with E-state index in [0.717, 1.165) is 5.56 Å². The fourth-order valence-corrected chi connectivity index (χ4v) is 4.01. The topological polar surface area (TPSA) is 227 Å². The van der Waals surface area contributed by atoms with Gasteiger partial charge in [-0.25, -0.2) is 20.2 Å². The van der Waals surface area contributed by atoms with E-state index < -0.39 is 54.1 Å². The van der Waals surface area contributed by atoms with Crippen molar-refractivity contribution < 1.29 is 43.9 Å². The van der Waals surface area contributed by atoms with E-state index in [9.17, 15) is 34.5 Å². The highest BCUT2D eigenvalue weighted by atomic mass is 16.6. The predicted octanol–water partition coefficient (Wildman–Crippen LogP) is 0.0582. The lowest BCUT2D eigenvalue weighted by atomic mass is 9.97. The number of amides is 2. The molecule has 2 amide bonds. The monoisotopic (exact) mass is 561 g/mol. The normalized spacial score (nSPS) is 18.2. The number of aromatic nitrogens is 2. The van der Waals surface area contributed by atoms with Gasteiger partial charge in [0.25, 0.3) is 0 Å². The van der Waals surface area contributed by atoms with Crippen LogP contribution < -0.4 is 21.6 Å². The van der Waals surface area contributed by atoms with Crippen LogP contribution in [0.4, 0.5) is 10.6 Å². The van der Waals surface area contributed by atoms with Crippen LogP contribution in [0.1, 0.15) is 30.7 Å². The van der Waals surface area contributed by atoms with Crippen molar-refractivity contribution in [3.8, 4) is 5.75 Å². The van der Waals surface area contributed by atoms with E-state index in [-0.39, 0.29) is 30.1 Å². The summed E-state index contributed by atoms with van der Waals surface area (Å²) in [5, 5.41) is 31.4. The van der Waals surface area contributed by atoms with Gasteiger partial charge in [0, 0.05) is 12.5 Å². The number of nitrogens with zero attached hydrogens (tertiary/aromatic N) is 2. The molecule has 3 rings (SSSR count). The summed E-state index contributed by atoms with van der Waals surface area (Å²) >= 11 is 0. The minimum Gasteiger partial charge on any atom is -0.497 e. The zero-order chi connectivity index (χ0) is 29.6. The van der Waals surface area contributed by atoms with Crippen LogP contribution in [0.25, 0.3) is 0 Å². The highest BCUT2D eigenvalue weighted by Gasteiger charge is 2.36. The van der Waals surface area contributed by atoms with Crippen LogP contribution in [0, 0.1) is 5.92 Å². The Balaban J connectivity index is 1.63. The molecule has 0 spiro atoms. The molecule has 1 unspecified atom stereocenters. The smallest absolute Gasteiger partial charge is 0.413 e. The average molecular weight is 562 g/mol. The first-order valence-electron chi connectivity index (χ1n) is 12.1. The minimum absolute atomic E-state index is 0.0338. The number of benzene rings is 1. The van der Waals surface area contributed by atoms with E-state index in [4.69, 9.17) is 20.1 Å². The fourth-order valence-electron chi connectivity index (χ4n) is 4.01. The van der Waals surface area contributed by atoms with Gasteiger partial charge in [-0.05, 0) is 36.6 Å². The molecule has 15 nitrogen and oxygen atoms in total. The predicted molar refractivity (Wildman–Crippen MR) is 138 cm³/mol. The van der Waals surface area contributed by atoms with Gasteiger partial charge in [-0.2, -0.15) is 4.98 Å². The van der Waals surface area contributed by atoms with Crippen LogP contribution in [0.5, 0.6) is 5.75 Å². The number of carbonyl (C=O) groups excluding carboxylic acids is 2. The summed E-state index contributed by atoms with van der Waals surface area (Å²) in [4.78, 5) is 55.1. The molecule has 0 aliphatic carbocycles.